The Balaban J connectivity index is 1.22. The standard InChI is InChI=1S/C34H27FN4O3S2/c1-22-7-5-8-23(17-22)18-29(37-32(41)25-9-3-2-4-10-25)33(42)36-27-11-6-12-28(19-27)43-21-31(40)39-34-38-30(20-44-34)24-13-15-26(35)16-14-24/h2-20H,21H2,1H3,(H,36,42)(H,37,41)(H,38,39,40)/b29-18+. The van der Waals surface area contributed by atoms with Crippen LogP contribution in [0.1, 0.15) is 21.5 Å². The summed E-state index contributed by atoms with van der Waals surface area (Å²) >= 11 is 2.59. The summed E-state index contributed by atoms with van der Waals surface area (Å²) in [6.45, 7) is 1.95. The molecule has 0 atom stereocenters. The zero-order valence-corrected chi connectivity index (χ0v) is 25.2. The van der Waals surface area contributed by atoms with Gasteiger partial charge in [0.15, 0.2) is 5.13 Å². The van der Waals surface area contributed by atoms with Gasteiger partial charge < -0.3 is 16.0 Å². The molecule has 7 nitrogen and oxygen atoms in total. The molecule has 1 aromatic heterocycles. The molecule has 220 valence electrons. The maximum Gasteiger partial charge on any atom is 0.272 e. The van der Waals surface area contributed by atoms with E-state index in [1.54, 1.807) is 66.1 Å². The number of anilines is 2. The number of aromatic nitrogens is 1. The van der Waals surface area contributed by atoms with Crippen molar-refractivity contribution in [3.63, 3.8) is 0 Å². The molecule has 0 unspecified atom stereocenters. The highest BCUT2D eigenvalue weighted by Gasteiger charge is 2.16. The first-order chi connectivity index (χ1) is 21.3. The van der Waals surface area contributed by atoms with Crippen molar-refractivity contribution in [1.29, 1.82) is 0 Å². The Morgan fingerprint density at radius 1 is 0.886 bits per heavy atom. The molecule has 0 aliphatic carbocycles. The summed E-state index contributed by atoms with van der Waals surface area (Å²) in [6, 6.07) is 29.4. The molecule has 0 saturated carbocycles. The van der Waals surface area contributed by atoms with Gasteiger partial charge >= 0.3 is 0 Å². The van der Waals surface area contributed by atoms with E-state index in [1.807, 2.05) is 43.3 Å². The third-order valence-electron chi connectivity index (χ3n) is 6.23. The van der Waals surface area contributed by atoms with Crippen LogP contribution in [0, 0.1) is 12.7 Å². The first-order valence-electron chi connectivity index (χ1n) is 13.5. The fourth-order valence-electron chi connectivity index (χ4n) is 4.12. The van der Waals surface area contributed by atoms with Crippen LogP contribution in [0.15, 0.2) is 119 Å². The number of carbonyl (C=O) groups excluding carboxylic acids is 3. The minimum absolute atomic E-state index is 0.0883. The lowest BCUT2D eigenvalue weighted by Gasteiger charge is -2.12. The summed E-state index contributed by atoms with van der Waals surface area (Å²) in [5.74, 6) is -1.34. The van der Waals surface area contributed by atoms with Crippen molar-refractivity contribution in [2.45, 2.75) is 11.8 Å². The average molecular weight is 623 g/mol. The summed E-state index contributed by atoms with van der Waals surface area (Å²) in [5.41, 5.74) is 4.22. The van der Waals surface area contributed by atoms with Gasteiger partial charge in [0.05, 0.1) is 11.4 Å². The number of rotatable bonds is 10. The molecule has 0 fully saturated rings. The fourth-order valence-corrected chi connectivity index (χ4v) is 5.61. The van der Waals surface area contributed by atoms with Gasteiger partial charge in [0, 0.05) is 27.1 Å². The minimum atomic E-state index is -0.489. The number of thioether (sulfide) groups is 1. The molecule has 0 spiro atoms. The zero-order chi connectivity index (χ0) is 30.9. The third-order valence-corrected chi connectivity index (χ3v) is 7.99. The number of carbonyl (C=O) groups is 3. The zero-order valence-electron chi connectivity index (χ0n) is 23.5. The topological polar surface area (TPSA) is 100 Å². The van der Waals surface area contributed by atoms with E-state index in [9.17, 15) is 18.8 Å². The number of nitrogens with one attached hydrogen (secondary N) is 3. The van der Waals surface area contributed by atoms with Gasteiger partial charge in [-0.1, -0.05) is 54.1 Å². The van der Waals surface area contributed by atoms with E-state index >= 15 is 0 Å². The molecule has 1 heterocycles. The average Bonchev–Trinajstić information content (AvgIpc) is 3.49. The van der Waals surface area contributed by atoms with E-state index in [0.29, 0.717) is 22.1 Å². The van der Waals surface area contributed by atoms with Crippen LogP contribution < -0.4 is 16.0 Å². The summed E-state index contributed by atoms with van der Waals surface area (Å²) in [6.07, 6.45) is 1.63. The van der Waals surface area contributed by atoms with Crippen LogP contribution >= 0.6 is 23.1 Å². The van der Waals surface area contributed by atoms with E-state index in [2.05, 4.69) is 20.9 Å². The van der Waals surface area contributed by atoms with Crippen LogP contribution in [-0.2, 0) is 9.59 Å². The first kappa shape index (κ1) is 30.4. The molecule has 4 aromatic carbocycles. The van der Waals surface area contributed by atoms with Crippen LogP contribution in [0.25, 0.3) is 17.3 Å². The molecule has 3 amide bonds. The van der Waals surface area contributed by atoms with Crippen molar-refractivity contribution in [1.82, 2.24) is 10.3 Å². The second-order valence-corrected chi connectivity index (χ2v) is 11.6. The smallest absolute Gasteiger partial charge is 0.272 e. The Bertz CT molecular complexity index is 1820. The first-order valence-corrected chi connectivity index (χ1v) is 15.4. The Morgan fingerprint density at radius 3 is 2.43 bits per heavy atom. The van der Waals surface area contributed by atoms with Gasteiger partial charge in [0.1, 0.15) is 11.5 Å². The van der Waals surface area contributed by atoms with E-state index in [-0.39, 0.29) is 23.2 Å². The van der Waals surface area contributed by atoms with Crippen molar-refractivity contribution < 1.29 is 18.8 Å². The second-order valence-electron chi connectivity index (χ2n) is 9.66. The Labute approximate surface area is 262 Å². The summed E-state index contributed by atoms with van der Waals surface area (Å²) in [5, 5.41) is 10.6. The van der Waals surface area contributed by atoms with Crippen LogP contribution in [0.4, 0.5) is 15.2 Å². The molecular formula is C34H27FN4O3S2. The van der Waals surface area contributed by atoms with Gasteiger partial charge in [-0.2, -0.15) is 0 Å². The number of hydrogen-bond donors (Lipinski definition) is 3. The van der Waals surface area contributed by atoms with Crippen molar-refractivity contribution >= 4 is 57.7 Å². The number of benzene rings is 4. The van der Waals surface area contributed by atoms with Crippen molar-refractivity contribution in [2.75, 3.05) is 16.4 Å². The van der Waals surface area contributed by atoms with Gasteiger partial charge in [0.25, 0.3) is 11.8 Å². The van der Waals surface area contributed by atoms with E-state index in [4.69, 9.17) is 0 Å². The van der Waals surface area contributed by atoms with Gasteiger partial charge in [-0.15, -0.1) is 23.1 Å². The number of aryl methyl sites for hydroxylation is 1. The molecule has 0 saturated heterocycles. The molecule has 0 bridgehead atoms. The molecule has 5 aromatic rings. The predicted molar refractivity (Wildman–Crippen MR) is 175 cm³/mol. The van der Waals surface area contributed by atoms with Crippen LogP contribution in [0.2, 0.25) is 0 Å². The van der Waals surface area contributed by atoms with Gasteiger partial charge in [-0.25, -0.2) is 9.37 Å². The van der Waals surface area contributed by atoms with Gasteiger partial charge in [-0.3, -0.25) is 14.4 Å². The summed E-state index contributed by atoms with van der Waals surface area (Å²) in [4.78, 5) is 44.1. The summed E-state index contributed by atoms with van der Waals surface area (Å²) < 4.78 is 13.2. The van der Waals surface area contributed by atoms with E-state index in [1.165, 1.54) is 35.2 Å². The molecule has 44 heavy (non-hydrogen) atoms. The Kier molecular flexibility index (Phi) is 9.96. The monoisotopic (exact) mass is 622 g/mol. The van der Waals surface area contributed by atoms with Crippen molar-refractivity contribution in [3.8, 4) is 11.3 Å². The lowest BCUT2D eigenvalue weighted by Crippen LogP contribution is -2.30. The maximum absolute atomic E-state index is 13.4. The lowest BCUT2D eigenvalue weighted by molar-refractivity contribution is -0.114. The Morgan fingerprint density at radius 2 is 1.66 bits per heavy atom. The molecule has 0 aliphatic rings. The predicted octanol–water partition coefficient (Wildman–Crippen LogP) is 7.40. The highest BCUT2D eigenvalue weighted by molar-refractivity contribution is 8.00. The van der Waals surface area contributed by atoms with E-state index in [0.717, 1.165) is 21.6 Å². The highest BCUT2D eigenvalue weighted by atomic mass is 32.2. The van der Waals surface area contributed by atoms with Crippen molar-refractivity contribution in [3.05, 3.63) is 137 Å². The molecule has 3 N–H and O–H groups in total. The normalized spacial score (nSPS) is 11.1. The highest BCUT2D eigenvalue weighted by Crippen LogP contribution is 2.26. The minimum Gasteiger partial charge on any atom is -0.321 e. The molecule has 10 heteroatoms. The van der Waals surface area contributed by atoms with E-state index < -0.39 is 11.8 Å². The lowest BCUT2D eigenvalue weighted by atomic mass is 10.1. The SMILES string of the molecule is Cc1cccc(/C=C(/NC(=O)c2ccccc2)C(=O)Nc2cccc(SCC(=O)Nc3nc(-c4ccc(F)cc4)cs3)c2)c1. The fraction of sp³-hybridized carbons (Fsp3) is 0.0588. The molecule has 0 radical (unpaired) electrons. The quantitative estimate of drug-likeness (QED) is 0.111. The molecule has 0 aliphatic heterocycles. The number of hydrogen-bond acceptors (Lipinski definition) is 6. The van der Waals surface area contributed by atoms with Gasteiger partial charge in [0.2, 0.25) is 5.91 Å². The largest absolute Gasteiger partial charge is 0.321 e. The van der Waals surface area contributed by atoms with Gasteiger partial charge in [-0.05, 0) is 73.2 Å². The third kappa shape index (κ3) is 8.50. The molecular weight excluding hydrogens is 596 g/mol. The van der Waals surface area contributed by atoms with Crippen molar-refractivity contribution in [2.24, 2.45) is 0 Å². The number of thiazole rings is 1. The van der Waals surface area contributed by atoms with Crippen LogP contribution in [0.3, 0.4) is 0 Å². The second kappa shape index (κ2) is 14.4. The summed E-state index contributed by atoms with van der Waals surface area (Å²) in [7, 11) is 0. The molecule has 5 rings (SSSR count). The maximum atomic E-state index is 13.4. The number of amides is 3. The van der Waals surface area contributed by atoms with Crippen LogP contribution in [-0.4, -0.2) is 28.5 Å². The van der Waals surface area contributed by atoms with Crippen LogP contribution in [0.5, 0.6) is 0 Å². The number of halogens is 1. The number of nitrogens with zero attached hydrogens (tertiary/aromatic N) is 1. The Hall–Kier alpha value is -5.06.